The van der Waals surface area contributed by atoms with Crippen LogP contribution >= 0.6 is 0 Å². The number of carbonyl (C=O) groups is 2. The summed E-state index contributed by atoms with van der Waals surface area (Å²) in [5.41, 5.74) is 4.51. The summed E-state index contributed by atoms with van der Waals surface area (Å²) in [6.07, 6.45) is 3.20. The van der Waals surface area contributed by atoms with Crippen LogP contribution in [0.25, 0.3) is 11.1 Å². The van der Waals surface area contributed by atoms with Crippen LogP contribution in [0, 0.1) is 6.92 Å². The fourth-order valence-corrected chi connectivity index (χ4v) is 2.84. The van der Waals surface area contributed by atoms with E-state index in [0.29, 0.717) is 18.7 Å². The van der Waals surface area contributed by atoms with Crippen molar-refractivity contribution in [2.45, 2.75) is 26.8 Å². The van der Waals surface area contributed by atoms with Crippen LogP contribution in [0.4, 0.5) is 0 Å². The van der Waals surface area contributed by atoms with E-state index in [0.717, 1.165) is 22.3 Å². The number of amides is 1. The molecule has 1 amide bonds. The molecule has 6 heteroatoms. The van der Waals surface area contributed by atoms with E-state index in [2.05, 4.69) is 4.98 Å². The summed E-state index contributed by atoms with van der Waals surface area (Å²) in [7, 11) is 1.50. The van der Waals surface area contributed by atoms with Crippen molar-refractivity contribution in [3.05, 3.63) is 53.3 Å². The van der Waals surface area contributed by atoms with Gasteiger partial charge in [-0.05, 0) is 36.6 Å². The van der Waals surface area contributed by atoms with Crippen molar-refractivity contribution in [3.8, 4) is 11.1 Å². The lowest BCUT2D eigenvalue weighted by Gasteiger charge is -2.22. The summed E-state index contributed by atoms with van der Waals surface area (Å²) in [5.74, 6) is -0.962. The van der Waals surface area contributed by atoms with Gasteiger partial charge in [0, 0.05) is 38.2 Å². The molecule has 0 aliphatic heterocycles. The molecule has 0 saturated carbocycles. The van der Waals surface area contributed by atoms with Crippen LogP contribution in [0.3, 0.4) is 0 Å². The van der Waals surface area contributed by atoms with Crippen LogP contribution < -0.4 is 0 Å². The maximum absolute atomic E-state index is 12.2. The molecular weight excluding hydrogens is 332 g/mol. The number of likely N-dealkylation sites (N-methyl/N-ethyl adjacent to an activating group) is 1. The number of nitrogens with zero attached hydrogens (tertiary/aromatic N) is 2. The topological polar surface area (TPSA) is 79.7 Å². The second-order valence-corrected chi connectivity index (χ2v) is 6.15. The van der Waals surface area contributed by atoms with Gasteiger partial charge >= 0.3 is 5.97 Å². The molecule has 0 aliphatic rings. The second-order valence-electron chi connectivity index (χ2n) is 6.15. The summed E-state index contributed by atoms with van der Waals surface area (Å²) in [4.78, 5) is 29.1. The van der Waals surface area contributed by atoms with Crippen molar-refractivity contribution in [1.29, 1.82) is 0 Å². The van der Waals surface area contributed by atoms with E-state index in [9.17, 15) is 9.59 Å². The fraction of sp³-hybridized carbons (Fsp3) is 0.350. The molecule has 0 aliphatic carbocycles. The van der Waals surface area contributed by atoms with Gasteiger partial charge in [-0.1, -0.05) is 23.8 Å². The molecule has 0 spiro atoms. The summed E-state index contributed by atoms with van der Waals surface area (Å²) in [6, 6.07) is 7.86. The molecule has 1 N–H and O–H groups in total. The van der Waals surface area contributed by atoms with Crippen LogP contribution in [0.1, 0.15) is 23.6 Å². The van der Waals surface area contributed by atoms with Gasteiger partial charge in [0.05, 0.1) is 6.42 Å². The van der Waals surface area contributed by atoms with Gasteiger partial charge in [0.2, 0.25) is 5.91 Å². The van der Waals surface area contributed by atoms with Gasteiger partial charge in [0.15, 0.2) is 0 Å². The smallest absolute Gasteiger partial charge is 0.307 e. The molecule has 0 fully saturated rings. The first kappa shape index (κ1) is 19.6. The summed E-state index contributed by atoms with van der Waals surface area (Å²) >= 11 is 0. The molecule has 0 unspecified atom stereocenters. The number of rotatable bonds is 8. The number of aryl methyl sites for hydroxylation is 1. The van der Waals surface area contributed by atoms with Crippen LogP contribution in [0.5, 0.6) is 0 Å². The Hall–Kier alpha value is -2.73. The third-order valence-corrected chi connectivity index (χ3v) is 4.09. The Morgan fingerprint density at radius 3 is 2.65 bits per heavy atom. The molecule has 138 valence electrons. The van der Waals surface area contributed by atoms with Crippen molar-refractivity contribution in [2.24, 2.45) is 0 Å². The lowest BCUT2D eigenvalue weighted by molar-refractivity contribution is -0.136. The summed E-state index contributed by atoms with van der Waals surface area (Å²) in [5, 5.41) is 9.00. The van der Waals surface area contributed by atoms with Gasteiger partial charge in [0.25, 0.3) is 0 Å². The fourth-order valence-electron chi connectivity index (χ4n) is 2.84. The largest absolute Gasteiger partial charge is 0.481 e. The van der Waals surface area contributed by atoms with E-state index in [-0.39, 0.29) is 18.9 Å². The Balaban J connectivity index is 2.38. The Morgan fingerprint density at radius 1 is 1.23 bits per heavy atom. The minimum absolute atomic E-state index is 0.0463. The van der Waals surface area contributed by atoms with Gasteiger partial charge in [-0.3, -0.25) is 14.6 Å². The number of carboxylic acid groups (broad SMARTS) is 1. The zero-order chi connectivity index (χ0) is 19.1. The predicted molar refractivity (Wildman–Crippen MR) is 98.7 cm³/mol. The highest BCUT2D eigenvalue weighted by Gasteiger charge is 2.15. The summed E-state index contributed by atoms with van der Waals surface area (Å²) < 4.78 is 4.96. The normalized spacial score (nSPS) is 10.6. The molecule has 0 atom stereocenters. The molecule has 2 rings (SSSR count). The van der Waals surface area contributed by atoms with E-state index >= 15 is 0 Å². The van der Waals surface area contributed by atoms with E-state index in [1.54, 1.807) is 17.3 Å². The standard InChI is InChI=1S/C20H24N2O4/c1-4-22(19(23)13-26-3)12-17-7-14(2)5-6-18(17)16-8-15(9-20(24)25)10-21-11-16/h5-8,10-11H,4,9,12-13H2,1-3H3,(H,24,25). The maximum atomic E-state index is 12.2. The molecule has 1 heterocycles. The van der Waals surface area contributed by atoms with Gasteiger partial charge in [-0.2, -0.15) is 0 Å². The third kappa shape index (κ3) is 5.13. The quantitative estimate of drug-likeness (QED) is 0.787. The monoisotopic (exact) mass is 356 g/mol. The minimum atomic E-state index is -0.893. The number of hydrogen-bond acceptors (Lipinski definition) is 4. The zero-order valence-corrected chi connectivity index (χ0v) is 15.4. The van der Waals surface area contributed by atoms with Gasteiger partial charge in [0.1, 0.15) is 6.61 Å². The van der Waals surface area contributed by atoms with Gasteiger partial charge < -0.3 is 14.7 Å². The van der Waals surface area contributed by atoms with Crippen molar-refractivity contribution < 1.29 is 19.4 Å². The molecule has 6 nitrogen and oxygen atoms in total. The highest BCUT2D eigenvalue weighted by atomic mass is 16.5. The van der Waals surface area contributed by atoms with Crippen molar-refractivity contribution >= 4 is 11.9 Å². The van der Waals surface area contributed by atoms with Crippen LogP contribution in [-0.4, -0.2) is 47.1 Å². The van der Waals surface area contributed by atoms with Crippen LogP contribution in [0.2, 0.25) is 0 Å². The number of benzene rings is 1. The SMILES string of the molecule is CCN(Cc1cc(C)ccc1-c1cncc(CC(=O)O)c1)C(=O)COC. The second kappa shape index (κ2) is 9.10. The Kier molecular flexibility index (Phi) is 6.86. The van der Waals surface area contributed by atoms with Crippen molar-refractivity contribution in [1.82, 2.24) is 9.88 Å². The summed E-state index contributed by atoms with van der Waals surface area (Å²) in [6.45, 7) is 5.01. The minimum Gasteiger partial charge on any atom is -0.481 e. The highest BCUT2D eigenvalue weighted by Crippen LogP contribution is 2.26. The number of carbonyl (C=O) groups excluding carboxylic acids is 1. The van der Waals surface area contributed by atoms with Gasteiger partial charge in [-0.15, -0.1) is 0 Å². The first-order valence-corrected chi connectivity index (χ1v) is 8.47. The maximum Gasteiger partial charge on any atom is 0.307 e. The molecule has 1 aromatic heterocycles. The highest BCUT2D eigenvalue weighted by molar-refractivity contribution is 5.78. The lowest BCUT2D eigenvalue weighted by atomic mass is 9.97. The molecule has 1 aromatic carbocycles. The number of pyridine rings is 1. The van der Waals surface area contributed by atoms with Crippen molar-refractivity contribution in [3.63, 3.8) is 0 Å². The Labute approximate surface area is 153 Å². The van der Waals surface area contributed by atoms with Crippen molar-refractivity contribution in [2.75, 3.05) is 20.3 Å². The average Bonchev–Trinajstić information content (AvgIpc) is 2.59. The predicted octanol–water partition coefficient (Wildman–Crippen LogP) is 2.68. The number of methoxy groups -OCH3 is 1. The van der Waals surface area contributed by atoms with Gasteiger partial charge in [-0.25, -0.2) is 0 Å². The molecular formula is C20H24N2O4. The average molecular weight is 356 g/mol. The van der Waals surface area contributed by atoms with E-state index in [4.69, 9.17) is 9.84 Å². The number of carboxylic acids is 1. The Bertz CT molecular complexity index is 789. The number of hydrogen-bond donors (Lipinski definition) is 1. The molecule has 0 radical (unpaired) electrons. The van der Waals surface area contributed by atoms with E-state index in [1.807, 2.05) is 38.1 Å². The van der Waals surface area contributed by atoms with Crippen LogP contribution in [0.15, 0.2) is 36.7 Å². The number of aliphatic carboxylic acids is 1. The number of ether oxygens (including phenoxy) is 1. The van der Waals surface area contributed by atoms with Crippen LogP contribution in [-0.2, 0) is 27.3 Å². The molecule has 0 bridgehead atoms. The first-order chi connectivity index (χ1) is 12.4. The lowest BCUT2D eigenvalue weighted by Crippen LogP contribution is -2.33. The zero-order valence-electron chi connectivity index (χ0n) is 15.4. The number of aromatic nitrogens is 1. The van der Waals surface area contributed by atoms with E-state index < -0.39 is 5.97 Å². The van der Waals surface area contributed by atoms with E-state index in [1.165, 1.54) is 7.11 Å². The Morgan fingerprint density at radius 2 is 2.00 bits per heavy atom. The first-order valence-electron chi connectivity index (χ1n) is 8.47. The molecule has 0 saturated heterocycles. The molecule has 26 heavy (non-hydrogen) atoms. The molecule has 2 aromatic rings. The third-order valence-electron chi connectivity index (χ3n) is 4.09.